The van der Waals surface area contributed by atoms with E-state index in [0.717, 1.165) is 31.9 Å². The number of nitrogens with zero attached hydrogens (tertiary/aromatic N) is 3. The maximum atomic E-state index is 11.5. The van der Waals surface area contributed by atoms with Gasteiger partial charge in [0.15, 0.2) is 0 Å². The van der Waals surface area contributed by atoms with E-state index in [1.165, 1.54) is 11.4 Å². The zero-order valence-electron chi connectivity index (χ0n) is 16.7. The van der Waals surface area contributed by atoms with Crippen LogP contribution in [0.1, 0.15) is 20.3 Å². The van der Waals surface area contributed by atoms with Crippen LogP contribution in [-0.2, 0) is 9.53 Å². The Labute approximate surface area is 167 Å². The second kappa shape index (κ2) is 9.97. The number of piperazine rings is 1. The highest BCUT2D eigenvalue weighted by Gasteiger charge is 2.17. The molecule has 3 rings (SSSR count). The number of hydrogen-bond acceptors (Lipinski definition) is 6. The minimum Gasteiger partial charge on any atom is -0.493 e. The highest BCUT2D eigenvalue weighted by Crippen LogP contribution is 2.23. The van der Waals surface area contributed by atoms with Gasteiger partial charge < -0.3 is 19.3 Å². The molecule has 6 heteroatoms. The van der Waals surface area contributed by atoms with E-state index in [0.29, 0.717) is 19.6 Å². The van der Waals surface area contributed by atoms with E-state index >= 15 is 0 Å². The van der Waals surface area contributed by atoms with Crippen molar-refractivity contribution < 1.29 is 14.3 Å². The molecule has 150 valence electrons. The van der Waals surface area contributed by atoms with Crippen molar-refractivity contribution in [3.05, 3.63) is 48.8 Å². The van der Waals surface area contributed by atoms with Gasteiger partial charge in [-0.3, -0.25) is 9.78 Å². The predicted octanol–water partition coefficient (Wildman–Crippen LogP) is 3.38. The van der Waals surface area contributed by atoms with Crippen molar-refractivity contribution in [3.8, 4) is 5.75 Å². The van der Waals surface area contributed by atoms with Crippen LogP contribution in [0.5, 0.6) is 5.75 Å². The molecule has 2 heterocycles. The molecule has 0 N–H and O–H groups in total. The SMILES string of the molecule is CCOC(=O)CC(C)COc1ccc(N2CCN(c3ccncc3)CC2)cc1. The van der Waals surface area contributed by atoms with Crippen LogP contribution in [-0.4, -0.2) is 50.3 Å². The summed E-state index contributed by atoms with van der Waals surface area (Å²) in [5, 5.41) is 0. The first kappa shape index (κ1) is 20.0. The summed E-state index contributed by atoms with van der Waals surface area (Å²) in [6, 6.07) is 12.3. The van der Waals surface area contributed by atoms with Gasteiger partial charge in [-0.25, -0.2) is 0 Å². The van der Waals surface area contributed by atoms with Crippen LogP contribution in [0.3, 0.4) is 0 Å². The van der Waals surface area contributed by atoms with Crippen LogP contribution in [0.15, 0.2) is 48.8 Å². The highest BCUT2D eigenvalue weighted by molar-refractivity contribution is 5.69. The molecule has 28 heavy (non-hydrogen) atoms. The van der Waals surface area contributed by atoms with Crippen molar-refractivity contribution in [1.29, 1.82) is 0 Å². The van der Waals surface area contributed by atoms with E-state index in [9.17, 15) is 4.79 Å². The third kappa shape index (κ3) is 5.62. The van der Waals surface area contributed by atoms with Crippen LogP contribution >= 0.6 is 0 Å². The van der Waals surface area contributed by atoms with Gasteiger partial charge in [0, 0.05) is 55.9 Å². The standard InChI is InChI=1S/C22H29N3O3/c1-3-27-22(26)16-18(2)17-28-21-6-4-19(5-7-21)24-12-14-25(15-13-24)20-8-10-23-11-9-20/h4-11,18H,3,12-17H2,1-2H3. The highest BCUT2D eigenvalue weighted by atomic mass is 16.5. The number of pyridine rings is 1. The van der Waals surface area contributed by atoms with Crippen LogP contribution in [0, 0.1) is 5.92 Å². The summed E-state index contributed by atoms with van der Waals surface area (Å²) < 4.78 is 10.8. The summed E-state index contributed by atoms with van der Waals surface area (Å²) in [5.41, 5.74) is 2.44. The van der Waals surface area contributed by atoms with Crippen molar-refractivity contribution >= 4 is 17.3 Å². The van der Waals surface area contributed by atoms with Crippen molar-refractivity contribution in [1.82, 2.24) is 4.98 Å². The third-order valence-corrected chi connectivity index (χ3v) is 4.86. The molecule has 1 aliphatic rings. The largest absolute Gasteiger partial charge is 0.493 e. The minimum absolute atomic E-state index is 0.125. The molecule has 1 unspecified atom stereocenters. The minimum atomic E-state index is -0.167. The van der Waals surface area contributed by atoms with Gasteiger partial charge >= 0.3 is 5.97 Å². The Hall–Kier alpha value is -2.76. The lowest BCUT2D eigenvalue weighted by molar-refractivity contribution is -0.144. The van der Waals surface area contributed by atoms with Crippen molar-refractivity contribution in [2.24, 2.45) is 5.92 Å². The molecular weight excluding hydrogens is 354 g/mol. The Balaban J connectivity index is 1.45. The van der Waals surface area contributed by atoms with Crippen molar-refractivity contribution in [3.63, 3.8) is 0 Å². The molecule has 0 radical (unpaired) electrons. The summed E-state index contributed by atoms with van der Waals surface area (Å²) in [5.74, 6) is 0.787. The Morgan fingerprint density at radius 1 is 1.00 bits per heavy atom. The van der Waals surface area contributed by atoms with E-state index in [1.807, 2.05) is 38.4 Å². The number of esters is 1. The molecule has 1 saturated heterocycles. The predicted molar refractivity (Wildman–Crippen MR) is 111 cm³/mol. The van der Waals surface area contributed by atoms with E-state index in [2.05, 4.69) is 39.0 Å². The Bertz CT molecular complexity index is 728. The first-order valence-corrected chi connectivity index (χ1v) is 9.94. The molecule has 0 amide bonds. The fraction of sp³-hybridized carbons (Fsp3) is 0.455. The van der Waals surface area contributed by atoms with E-state index < -0.39 is 0 Å². The van der Waals surface area contributed by atoms with Crippen LogP contribution in [0.4, 0.5) is 11.4 Å². The number of anilines is 2. The molecule has 1 fully saturated rings. The number of hydrogen-bond donors (Lipinski definition) is 0. The number of rotatable bonds is 8. The Morgan fingerprint density at radius 3 is 2.14 bits per heavy atom. The molecule has 0 aliphatic carbocycles. The topological polar surface area (TPSA) is 54.9 Å². The van der Waals surface area contributed by atoms with Crippen LogP contribution < -0.4 is 14.5 Å². The van der Waals surface area contributed by atoms with Crippen molar-refractivity contribution in [2.45, 2.75) is 20.3 Å². The monoisotopic (exact) mass is 383 g/mol. The summed E-state index contributed by atoms with van der Waals surface area (Å²) in [6.45, 7) is 8.69. The van der Waals surface area contributed by atoms with Gasteiger partial charge in [-0.15, -0.1) is 0 Å². The molecule has 0 saturated carbocycles. The van der Waals surface area contributed by atoms with Gasteiger partial charge in [-0.2, -0.15) is 0 Å². The van der Waals surface area contributed by atoms with Gasteiger partial charge in [0.05, 0.1) is 19.6 Å². The maximum absolute atomic E-state index is 11.5. The quantitative estimate of drug-likeness (QED) is 0.652. The fourth-order valence-corrected chi connectivity index (χ4v) is 3.33. The Morgan fingerprint density at radius 2 is 1.57 bits per heavy atom. The van der Waals surface area contributed by atoms with Crippen LogP contribution in [0.25, 0.3) is 0 Å². The molecule has 0 bridgehead atoms. The normalized spacial score (nSPS) is 15.2. The van der Waals surface area contributed by atoms with Gasteiger partial charge in [-0.05, 0) is 43.3 Å². The Kier molecular flexibility index (Phi) is 7.12. The molecule has 2 aromatic rings. The first-order valence-electron chi connectivity index (χ1n) is 9.94. The summed E-state index contributed by atoms with van der Waals surface area (Å²) in [6.07, 6.45) is 4.07. The zero-order chi connectivity index (χ0) is 19.8. The molecule has 1 aliphatic heterocycles. The number of benzene rings is 1. The smallest absolute Gasteiger partial charge is 0.306 e. The number of ether oxygens (including phenoxy) is 2. The lowest BCUT2D eigenvalue weighted by Gasteiger charge is -2.37. The lowest BCUT2D eigenvalue weighted by atomic mass is 10.1. The molecule has 1 aromatic carbocycles. The van der Waals surface area contributed by atoms with E-state index in [1.54, 1.807) is 0 Å². The second-order valence-electron chi connectivity index (χ2n) is 7.10. The molecule has 6 nitrogen and oxygen atoms in total. The molecular formula is C22H29N3O3. The average Bonchev–Trinajstić information content (AvgIpc) is 2.73. The third-order valence-electron chi connectivity index (χ3n) is 4.86. The number of carbonyl (C=O) groups excluding carboxylic acids is 1. The van der Waals surface area contributed by atoms with Gasteiger partial charge in [0.25, 0.3) is 0 Å². The van der Waals surface area contributed by atoms with Gasteiger partial charge in [0.2, 0.25) is 0 Å². The first-order chi connectivity index (χ1) is 13.7. The summed E-state index contributed by atoms with van der Waals surface area (Å²) in [7, 11) is 0. The van der Waals surface area contributed by atoms with Crippen LogP contribution in [0.2, 0.25) is 0 Å². The average molecular weight is 383 g/mol. The summed E-state index contributed by atoms with van der Waals surface area (Å²) in [4.78, 5) is 20.4. The fourth-order valence-electron chi connectivity index (χ4n) is 3.33. The van der Waals surface area contributed by atoms with Gasteiger partial charge in [-0.1, -0.05) is 6.92 Å². The molecule has 1 aromatic heterocycles. The number of aromatic nitrogens is 1. The number of carbonyl (C=O) groups is 1. The molecule has 0 spiro atoms. The summed E-state index contributed by atoms with van der Waals surface area (Å²) >= 11 is 0. The molecule has 1 atom stereocenters. The van der Waals surface area contributed by atoms with E-state index in [4.69, 9.17) is 9.47 Å². The van der Waals surface area contributed by atoms with E-state index in [-0.39, 0.29) is 11.9 Å². The second-order valence-corrected chi connectivity index (χ2v) is 7.10. The lowest BCUT2D eigenvalue weighted by Crippen LogP contribution is -2.46. The zero-order valence-corrected chi connectivity index (χ0v) is 16.7. The van der Waals surface area contributed by atoms with Crippen molar-refractivity contribution in [2.75, 3.05) is 49.2 Å². The van der Waals surface area contributed by atoms with Gasteiger partial charge in [0.1, 0.15) is 5.75 Å². The maximum Gasteiger partial charge on any atom is 0.306 e.